The lowest BCUT2D eigenvalue weighted by molar-refractivity contribution is 0.288. The molecule has 0 radical (unpaired) electrons. The average molecular weight is 251 g/mol. The van der Waals surface area contributed by atoms with E-state index < -0.39 is 0 Å². The maximum atomic E-state index is 9.49. The SMILES string of the molecule is Oc1cc(COc2ccccc2O)ccc1Cl. The summed E-state index contributed by atoms with van der Waals surface area (Å²) in [5.41, 5.74) is 0.773. The van der Waals surface area contributed by atoms with E-state index >= 15 is 0 Å². The second kappa shape index (κ2) is 4.97. The van der Waals surface area contributed by atoms with Crippen LogP contribution in [0.4, 0.5) is 0 Å². The van der Waals surface area contributed by atoms with Gasteiger partial charge in [-0.2, -0.15) is 0 Å². The molecule has 2 N–H and O–H groups in total. The zero-order valence-electron chi connectivity index (χ0n) is 8.93. The zero-order valence-corrected chi connectivity index (χ0v) is 9.69. The number of hydrogen-bond acceptors (Lipinski definition) is 3. The summed E-state index contributed by atoms with van der Waals surface area (Å²) in [7, 11) is 0. The molecular formula is C13H11ClO3. The quantitative estimate of drug-likeness (QED) is 0.879. The van der Waals surface area contributed by atoms with Gasteiger partial charge in [-0.15, -0.1) is 0 Å². The highest BCUT2D eigenvalue weighted by molar-refractivity contribution is 6.31. The Balaban J connectivity index is 2.08. The Hall–Kier alpha value is -1.87. The van der Waals surface area contributed by atoms with Gasteiger partial charge in [0.25, 0.3) is 0 Å². The first-order chi connectivity index (χ1) is 8.16. The number of hydrogen-bond donors (Lipinski definition) is 2. The maximum absolute atomic E-state index is 9.49. The Morgan fingerprint density at radius 1 is 1.00 bits per heavy atom. The van der Waals surface area contributed by atoms with Crippen molar-refractivity contribution in [3.63, 3.8) is 0 Å². The third-order valence-corrected chi connectivity index (χ3v) is 2.59. The number of halogens is 1. The fraction of sp³-hybridized carbons (Fsp3) is 0.0769. The van der Waals surface area contributed by atoms with E-state index in [0.717, 1.165) is 5.56 Å². The maximum Gasteiger partial charge on any atom is 0.161 e. The lowest BCUT2D eigenvalue weighted by Crippen LogP contribution is -1.95. The van der Waals surface area contributed by atoms with Gasteiger partial charge in [0.1, 0.15) is 12.4 Å². The summed E-state index contributed by atoms with van der Waals surface area (Å²) in [5, 5.41) is 19.2. The molecule has 17 heavy (non-hydrogen) atoms. The monoisotopic (exact) mass is 250 g/mol. The molecule has 0 bridgehead atoms. The molecule has 0 aliphatic carbocycles. The first-order valence-electron chi connectivity index (χ1n) is 5.05. The Labute approximate surface area is 104 Å². The molecule has 0 aromatic heterocycles. The Morgan fingerprint density at radius 3 is 2.47 bits per heavy atom. The number of phenolic OH excluding ortho intramolecular Hbond substituents is 2. The third-order valence-electron chi connectivity index (χ3n) is 2.27. The number of rotatable bonds is 3. The van der Waals surface area contributed by atoms with Gasteiger partial charge in [-0.05, 0) is 29.8 Å². The van der Waals surface area contributed by atoms with Crippen molar-refractivity contribution in [2.24, 2.45) is 0 Å². The molecule has 2 aromatic rings. The topological polar surface area (TPSA) is 49.7 Å². The van der Waals surface area contributed by atoms with Crippen LogP contribution in [-0.2, 0) is 6.61 Å². The normalized spacial score (nSPS) is 10.2. The summed E-state index contributed by atoms with van der Waals surface area (Å²) in [6.45, 7) is 0.252. The summed E-state index contributed by atoms with van der Waals surface area (Å²) in [6.07, 6.45) is 0. The van der Waals surface area contributed by atoms with Crippen molar-refractivity contribution in [2.75, 3.05) is 0 Å². The second-order valence-electron chi connectivity index (χ2n) is 3.54. The van der Waals surface area contributed by atoms with Crippen LogP contribution in [0.5, 0.6) is 17.2 Å². The van der Waals surface area contributed by atoms with Crippen LogP contribution in [0, 0.1) is 0 Å². The smallest absolute Gasteiger partial charge is 0.161 e. The van der Waals surface area contributed by atoms with E-state index in [2.05, 4.69) is 0 Å². The number of benzene rings is 2. The molecule has 3 nitrogen and oxygen atoms in total. The van der Waals surface area contributed by atoms with Crippen molar-refractivity contribution in [1.29, 1.82) is 0 Å². The fourth-order valence-electron chi connectivity index (χ4n) is 1.39. The van der Waals surface area contributed by atoms with Crippen molar-refractivity contribution in [3.8, 4) is 17.2 Å². The summed E-state index contributed by atoms with van der Waals surface area (Å²) >= 11 is 5.69. The summed E-state index contributed by atoms with van der Waals surface area (Å²) in [5.74, 6) is 0.512. The molecule has 0 fully saturated rings. The first-order valence-corrected chi connectivity index (χ1v) is 5.43. The minimum Gasteiger partial charge on any atom is -0.506 e. The number of para-hydroxylation sites is 2. The van der Waals surface area contributed by atoms with Crippen LogP contribution < -0.4 is 4.74 Å². The van der Waals surface area contributed by atoms with Gasteiger partial charge in [0, 0.05) is 0 Å². The van der Waals surface area contributed by atoms with E-state index in [1.165, 1.54) is 6.07 Å². The molecule has 0 amide bonds. The van der Waals surface area contributed by atoms with E-state index in [0.29, 0.717) is 10.8 Å². The fourth-order valence-corrected chi connectivity index (χ4v) is 1.51. The largest absolute Gasteiger partial charge is 0.506 e. The first kappa shape index (κ1) is 11.6. The lowest BCUT2D eigenvalue weighted by atomic mass is 10.2. The van der Waals surface area contributed by atoms with Crippen molar-refractivity contribution >= 4 is 11.6 Å². The van der Waals surface area contributed by atoms with Gasteiger partial charge < -0.3 is 14.9 Å². The van der Waals surface area contributed by atoms with Crippen LogP contribution in [0.25, 0.3) is 0 Å². The van der Waals surface area contributed by atoms with E-state index in [4.69, 9.17) is 16.3 Å². The standard InChI is InChI=1S/C13H11ClO3/c14-10-6-5-9(7-12(10)16)8-17-13-4-2-1-3-11(13)15/h1-7,15-16H,8H2. The van der Waals surface area contributed by atoms with E-state index in [1.54, 1.807) is 36.4 Å². The molecule has 2 aromatic carbocycles. The molecule has 0 heterocycles. The van der Waals surface area contributed by atoms with Crippen LogP contribution >= 0.6 is 11.6 Å². The van der Waals surface area contributed by atoms with E-state index in [1.807, 2.05) is 0 Å². The molecule has 4 heteroatoms. The molecule has 0 saturated carbocycles. The van der Waals surface area contributed by atoms with Gasteiger partial charge in [-0.3, -0.25) is 0 Å². The summed E-state index contributed by atoms with van der Waals surface area (Å²) in [4.78, 5) is 0. The summed E-state index contributed by atoms with van der Waals surface area (Å²) in [6, 6.07) is 11.6. The summed E-state index contributed by atoms with van der Waals surface area (Å²) < 4.78 is 5.41. The lowest BCUT2D eigenvalue weighted by Gasteiger charge is -2.08. The minimum atomic E-state index is 0.0186. The predicted molar refractivity (Wildman–Crippen MR) is 65.6 cm³/mol. The molecule has 2 rings (SSSR count). The molecule has 0 aliphatic rings. The highest BCUT2D eigenvalue weighted by atomic mass is 35.5. The van der Waals surface area contributed by atoms with E-state index in [-0.39, 0.29) is 18.1 Å². The third kappa shape index (κ3) is 2.82. The van der Waals surface area contributed by atoms with E-state index in [9.17, 15) is 10.2 Å². The average Bonchev–Trinajstić information content (AvgIpc) is 2.32. The van der Waals surface area contributed by atoms with Crippen molar-refractivity contribution in [1.82, 2.24) is 0 Å². The van der Waals surface area contributed by atoms with Crippen LogP contribution in [0.15, 0.2) is 42.5 Å². The van der Waals surface area contributed by atoms with Crippen LogP contribution in [0.1, 0.15) is 5.56 Å². The van der Waals surface area contributed by atoms with Gasteiger partial charge in [0.2, 0.25) is 0 Å². The van der Waals surface area contributed by atoms with Gasteiger partial charge in [0.05, 0.1) is 5.02 Å². The van der Waals surface area contributed by atoms with Crippen LogP contribution in [-0.4, -0.2) is 10.2 Å². The minimum absolute atomic E-state index is 0.0186. The number of phenols is 2. The molecule has 0 aliphatic heterocycles. The van der Waals surface area contributed by atoms with Crippen molar-refractivity contribution < 1.29 is 14.9 Å². The number of ether oxygens (including phenoxy) is 1. The van der Waals surface area contributed by atoms with Gasteiger partial charge in [-0.1, -0.05) is 29.8 Å². The zero-order chi connectivity index (χ0) is 12.3. The van der Waals surface area contributed by atoms with Crippen molar-refractivity contribution in [3.05, 3.63) is 53.1 Å². The second-order valence-corrected chi connectivity index (χ2v) is 3.95. The molecule has 0 saturated heterocycles. The van der Waals surface area contributed by atoms with Gasteiger partial charge in [0.15, 0.2) is 11.5 Å². The van der Waals surface area contributed by atoms with Crippen molar-refractivity contribution in [2.45, 2.75) is 6.61 Å². The predicted octanol–water partition coefficient (Wildman–Crippen LogP) is 3.33. The molecule has 88 valence electrons. The van der Waals surface area contributed by atoms with Gasteiger partial charge in [-0.25, -0.2) is 0 Å². The van der Waals surface area contributed by atoms with Crippen LogP contribution in [0.3, 0.4) is 0 Å². The molecule has 0 spiro atoms. The van der Waals surface area contributed by atoms with Crippen LogP contribution in [0.2, 0.25) is 5.02 Å². The Bertz CT molecular complexity index is 526. The highest BCUT2D eigenvalue weighted by Gasteiger charge is 2.03. The highest BCUT2D eigenvalue weighted by Crippen LogP contribution is 2.27. The Kier molecular flexibility index (Phi) is 3.40. The molecule has 0 atom stereocenters. The van der Waals surface area contributed by atoms with Gasteiger partial charge >= 0.3 is 0 Å². The Morgan fingerprint density at radius 2 is 1.76 bits per heavy atom. The molecule has 0 unspecified atom stereocenters. The number of aromatic hydroxyl groups is 2. The molecular weight excluding hydrogens is 240 g/mol.